The highest BCUT2D eigenvalue weighted by Gasteiger charge is 2.15. The molecule has 2 aromatic heterocycles. The standard InChI is InChI=1S/C24H22ClFN8O4/c1-2-21(35)29-19-9-15-18(27-13-28-24(15)30-17-6-3-5-16(25)23(17)26)10-20(19)38-12-14-11-34(33-31-14)8-4-7-22(36)32-37/h2-3,5-6,9-11,13,37H,1,4,7-8,12H2,(H,29,35)(H,32,36)(H,27,28,30). The lowest BCUT2D eigenvalue weighted by Crippen LogP contribution is -2.18. The normalized spacial score (nSPS) is 10.7. The minimum atomic E-state index is -0.634. The quantitative estimate of drug-likeness (QED) is 0.126. The number of nitrogens with zero attached hydrogens (tertiary/aromatic N) is 5. The predicted molar refractivity (Wildman–Crippen MR) is 137 cm³/mol. The fourth-order valence-electron chi connectivity index (χ4n) is 3.44. The zero-order valence-corrected chi connectivity index (χ0v) is 20.6. The highest BCUT2D eigenvalue weighted by Crippen LogP contribution is 2.34. The van der Waals surface area contributed by atoms with E-state index in [-0.39, 0.29) is 29.6 Å². The molecule has 12 nitrogen and oxygen atoms in total. The van der Waals surface area contributed by atoms with Crippen molar-refractivity contribution in [3.05, 3.63) is 72.0 Å². The van der Waals surface area contributed by atoms with Gasteiger partial charge in [0.05, 0.1) is 28.1 Å². The molecular weight excluding hydrogens is 519 g/mol. The van der Waals surface area contributed by atoms with Gasteiger partial charge in [0.15, 0.2) is 5.82 Å². The molecule has 0 aliphatic carbocycles. The van der Waals surface area contributed by atoms with Crippen LogP contribution in [0.5, 0.6) is 5.75 Å². The van der Waals surface area contributed by atoms with Crippen LogP contribution < -0.4 is 20.9 Å². The number of halogens is 2. The Morgan fingerprint density at radius 2 is 2.08 bits per heavy atom. The Morgan fingerprint density at radius 3 is 2.87 bits per heavy atom. The summed E-state index contributed by atoms with van der Waals surface area (Å²) < 4.78 is 21.9. The van der Waals surface area contributed by atoms with Crippen LogP contribution in [0.15, 0.2) is 55.5 Å². The molecule has 0 spiro atoms. The molecule has 0 aliphatic rings. The Labute approximate surface area is 220 Å². The van der Waals surface area contributed by atoms with E-state index in [4.69, 9.17) is 21.5 Å². The molecule has 14 heteroatoms. The molecule has 0 aliphatic heterocycles. The summed E-state index contributed by atoms with van der Waals surface area (Å²) in [5, 5.41) is 22.6. The second-order valence-electron chi connectivity index (χ2n) is 7.91. The van der Waals surface area contributed by atoms with E-state index in [0.717, 1.165) is 6.08 Å². The summed E-state index contributed by atoms with van der Waals surface area (Å²) in [4.78, 5) is 31.7. The van der Waals surface area contributed by atoms with Gasteiger partial charge in [0.25, 0.3) is 0 Å². The van der Waals surface area contributed by atoms with Gasteiger partial charge in [-0.3, -0.25) is 19.5 Å². The minimum Gasteiger partial charge on any atom is -0.485 e. The Morgan fingerprint density at radius 1 is 1.24 bits per heavy atom. The van der Waals surface area contributed by atoms with E-state index in [1.807, 2.05) is 0 Å². The summed E-state index contributed by atoms with van der Waals surface area (Å²) in [6.45, 7) is 3.90. The number of anilines is 3. The maximum Gasteiger partial charge on any atom is 0.247 e. The number of ether oxygens (including phenoxy) is 1. The SMILES string of the molecule is C=CC(=O)Nc1cc2c(Nc3cccc(Cl)c3F)ncnc2cc1OCc1cn(CCCC(=O)NO)nn1. The van der Waals surface area contributed by atoms with Crippen molar-refractivity contribution < 1.29 is 23.9 Å². The van der Waals surface area contributed by atoms with Crippen LogP contribution >= 0.6 is 11.6 Å². The third kappa shape index (κ3) is 6.38. The van der Waals surface area contributed by atoms with Gasteiger partial charge in [0.2, 0.25) is 11.8 Å². The number of hydrogen-bond acceptors (Lipinski definition) is 9. The van der Waals surface area contributed by atoms with Gasteiger partial charge in [-0.05, 0) is 30.7 Å². The molecule has 2 heterocycles. The molecule has 0 atom stereocenters. The average molecular weight is 541 g/mol. The summed E-state index contributed by atoms with van der Waals surface area (Å²) >= 11 is 5.89. The summed E-state index contributed by atoms with van der Waals surface area (Å²) in [7, 11) is 0. The number of hydroxylamine groups is 1. The molecule has 4 rings (SSSR count). The summed E-state index contributed by atoms with van der Waals surface area (Å²) in [6, 6.07) is 7.75. The molecule has 4 aromatic rings. The lowest BCUT2D eigenvalue weighted by molar-refractivity contribution is -0.129. The van der Waals surface area contributed by atoms with Crippen molar-refractivity contribution in [1.29, 1.82) is 0 Å². The number of aromatic nitrogens is 5. The molecule has 0 saturated carbocycles. The zero-order chi connectivity index (χ0) is 27.1. The van der Waals surface area contributed by atoms with E-state index < -0.39 is 17.6 Å². The van der Waals surface area contributed by atoms with Crippen molar-refractivity contribution in [3.8, 4) is 5.75 Å². The average Bonchev–Trinajstić information content (AvgIpc) is 3.37. The largest absolute Gasteiger partial charge is 0.485 e. The van der Waals surface area contributed by atoms with Gasteiger partial charge in [-0.15, -0.1) is 5.10 Å². The minimum absolute atomic E-state index is 0.0174. The van der Waals surface area contributed by atoms with Gasteiger partial charge in [0.1, 0.15) is 30.2 Å². The van der Waals surface area contributed by atoms with Gasteiger partial charge in [0, 0.05) is 24.4 Å². The number of amides is 2. The molecule has 0 fully saturated rings. The smallest absolute Gasteiger partial charge is 0.247 e. The van der Waals surface area contributed by atoms with Crippen LogP contribution in [-0.2, 0) is 22.7 Å². The van der Waals surface area contributed by atoms with E-state index in [1.54, 1.807) is 34.6 Å². The number of benzene rings is 2. The maximum absolute atomic E-state index is 14.5. The van der Waals surface area contributed by atoms with Gasteiger partial charge in [-0.1, -0.05) is 29.5 Å². The Kier molecular flexibility index (Phi) is 8.40. The van der Waals surface area contributed by atoms with Gasteiger partial charge >= 0.3 is 0 Å². The fraction of sp³-hybridized carbons (Fsp3) is 0.167. The van der Waals surface area contributed by atoms with Crippen LogP contribution in [0.25, 0.3) is 10.9 Å². The van der Waals surface area contributed by atoms with E-state index in [9.17, 15) is 14.0 Å². The molecule has 0 saturated heterocycles. The zero-order valence-electron chi connectivity index (χ0n) is 19.8. The molecule has 2 amide bonds. The highest BCUT2D eigenvalue weighted by molar-refractivity contribution is 6.31. The molecule has 4 N–H and O–H groups in total. The molecule has 0 radical (unpaired) electrons. The molecular formula is C24H22ClFN8O4. The van der Waals surface area contributed by atoms with E-state index in [2.05, 4.69) is 37.5 Å². The maximum atomic E-state index is 14.5. The van der Waals surface area contributed by atoms with Gasteiger partial charge in [-0.2, -0.15) is 0 Å². The van der Waals surface area contributed by atoms with Crippen LogP contribution in [0.1, 0.15) is 18.5 Å². The van der Waals surface area contributed by atoms with Gasteiger partial charge < -0.3 is 15.4 Å². The van der Waals surface area contributed by atoms with Gasteiger partial charge in [-0.25, -0.2) is 19.8 Å². The fourth-order valence-corrected chi connectivity index (χ4v) is 3.61. The number of carbonyl (C=O) groups excluding carboxylic acids is 2. The number of fused-ring (bicyclic) bond motifs is 1. The monoisotopic (exact) mass is 540 g/mol. The first kappa shape index (κ1) is 26.4. The van der Waals surface area contributed by atoms with Crippen LogP contribution in [0.3, 0.4) is 0 Å². The molecule has 38 heavy (non-hydrogen) atoms. The second-order valence-corrected chi connectivity index (χ2v) is 8.31. The molecule has 0 unspecified atom stereocenters. The second kappa shape index (κ2) is 12.1. The topological polar surface area (TPSA) is 156 Å². The van der Waals surface area contributed by atoms with Crippen LogP contribution in [0.2, 0.25) is 5.02 Å². The molecule has 0 bridgehead atoms. The van der Waals surface area contributed by atoms with Crippen molar-refractivity contribution in [2.75, 3.05) is 10.6 Å². The van der Waals surface area contributed by atoms with Crippen molar-refractivity contribution >= 4 is 51.5 Å². The predicted octanol–water partition coefficient (Wildman–Crippen LogP) is 3.75. The lowest BCUT2D eigenvalue weighted by Gasteiger charge is -2.15. The van der Waals surface area contributed by atoms with Crippen LogP contribution in [-0.4, -0.2) is 42.0 Å². The number of hydrogen-bond donors (Lipinski definition) is 4. The molecule has 2 aromatic carbocycles. The molecule has 196 valence electrons. The van der Waals surface area contributed by atoms with Crippen molar-refractivity contribution in [1.82, 2.24) is 30.4 Å². The number of nitrogens with one attached hydrogen (secondary N) is 3. The summed E-state index contributed by atoms with van der Waals surface area (Å²) in [5.74, 6) is -1.01. The number of rotatable bonds is 11. The number of carbonyl (C=O) groups is 2. The lowest BCUT2D eigenvalue weighted by atomic mass is 10.1. The third-order valence-corrected chi connectivity index (χ3v) is 5.55. The summed E-state index contributed by atoms with van der Waals surface area (Å²) in [5.41, 5.74) is 2.96. The van der Waals surface area contributed by atoms with Crippen molar-refractivity contribution in [3.63, 3.8) is 0 Å². The first-order valence-corrected chi connectivity index (χ1v) is 11.6. The Bertz CT molecular complexity index is 1500. The van der Waals surface area contributed by atoms with Crippen molar-refractivity contribution in [2.24, 2.45) is 0 Å². The van der Waals surface area contributed by atoms with Crippen molar-refractivity contribution in [2.45, 2.75) is 26.0 Å². The highest BCUT2D eigenvalue weighted by atomic mass is 35.5. The van der Waals surface area contributed by atoms with E-state index >= 15 is 0 Å². The third-order valence-electron chi connectivity index (χ3n) is 5.26. The first-order chi connectivity index (χ1) is 18.4. The Hall–Kier alpha value is -4.62. The Balaban J connectivity index is 1.57. The van der Waals surface area contributed by atoms with Crippen LogP contribution in [0.4, 0.5) is 21.6 Å². The van der Waals surface area contributed by atoms with E-state index in [0.29, 0.717) is 41.0 Å². The first-order valence-electron chi connectivity index (χ1n) is 11.3. The van der Waals surface area contributed by atoms with Crippen LogP contribution in [0, 0.1) is 5.82 Å². The number of aryl methyl sites for hydroxylation is 1. The van der Waals surface area contributed by atoms with E-state index in [1.165, 1.54) is 18.5 Å². The summed E-state index contributed by atoms with van der Waals surface area (Å²) in [6.07, 6.45) is 4.66.